The molecule has 1 amide bonds. The number of rotatable bonds is 9. The summed E-state index contributed by atoms with van der Waals surface area (Å²) in [4.78, 5) is 26.1. The molecule has 1 aromatic carbocycles. The van der Waals surface area contributed by atoms with E-state index in [1.54, 1.807) is 11.1 Å². The summed E-state index contributed by atoms with van der Waals surface area (Å²) in [6.07, 6.45) is 2.56. The monoisotopic (exact) mass is 469 g/mol. The average molecular weight is 470 g/mol. The first kappa shape index (κ1) is 24.9. The van der Waals surface area contributed by atoms with Gasteiger partial charge in [-0.1, -0.05) is 44.5 Å². The van der Waals surface area contributed by atoms with E-state index >= 15 is 0 Å². The second-order valence-electron chi connectivity index (χ2n) is 8.74. The van der Waals surface area contributed by atoms with E-state index in [0.29, 0.717) is 17.9 Å². The summed E-state index contributed by atoms with van der Waals surface area (Å²) in [7, 11) is 0. The lowest BCUT2D eigenvalue weighted by Crippen LogP contribution is -2.46. The summed E-state index contributed by atoms with van der Waals surface area (Å²) >= 11 is 6.29. The van der Waals surface area contributed by atoms with Crippen LogP contribution in [0.1, 0.15) is 48.9 Å². The van der Waals surface area contributed by atoms with Crippen molar-refractivity contribution in [1.82, 2.24) is 25.2 Å². The van der Waals surface area contributed by atoms with Crippen LogP contribution in [0.2, 0.25) is 5.02 Å². The molecule has 33 heavy (non-hydrogen) atoms. The molecule has 1 fully saturated rings. The van der Waals surface area contributed by atoms with Gasteiger partial charge >= 0.3 is 0 Å². The molecule has 176 valence electrons. The van der Waals surface area contributed by atoms with Gasteiger partial charge in [0.05, 0.1) is 6.20 Å². The van der Waals surface area contributed by atoms with Gasteiger partial charge in [0.15, 0.2) is 5.82 Å². The number of aromatic nitrogens is 2. The summed E-state index contributed by atoms with van der Waals surface area (Å²) in [6.45, 7) is 13.0. The van der Waals surface area contributed by atoms with E-state index in [2.05, 4.69) is 38.2 Å². The standard InChI is InChI=1S/C24H32ClN7O/c1-4-8-30-9-11-31(12-10-30)17-19-6-5-7-20(13-19)24(33)29-32(16-18(2)3)23-21(25)15-27-22(14-26)28-23/h5-7,13,15,18H,4,8-12,16-17H2,1-3H3,(H,29,33). The van der Waals surface area contributed by atoms with Crippen molar-refractivity contribution in [3.8, 4) is 6.07 Å². The van der Waals surface area contributed by atoms with E-state index in [-0.39, 0.29) is 22.7 Å². The summed E-state index contributed by atoms with van der Waals surface area (Å²) in [5.41, 5.74) is 4.59. The van der Waals surface area contributed by atoms with E-state index in [1.807, 2.05) is 32.0 Å². The van der Waals surface area contributed by atoms with Crippen LogP contribution < -0.4 is 10.4 Å². The number of amides is 1. The summed E-state index contributed by atoms with van der Waals surface area (Å²) in [5.74, 6) is 0.280. The van der Waals surface area contributed by atoms with Crippen LogP contribution >= 0.6 is 11.6 Å². The fraction of sp³-hybridized carbons (Fsp3) is 0.500. The number of carbonyl (C=O) groups excluding carboxylic acids is 1. The maximum atomic E-state index is 13.1. The SMILES string of the molecule is CCCN1CCN(Cc2cccc(C(=O)NN(CC(C)C)c3nc(C#N)ncc3Cl)c2)CC1. The van der Waals surface area contributed by atoms with E-state index in [9.17, 15) is 4.79 Å². The highest BCUT2D eigenvalue weighted by Gasteiger charge is 2.20. The lowest BCUT2D eigenvalue weighted by atomic mass is 10.1. The number of anilines is 1. The van der Waals surface area contributed by atoms with Crippen LogP contribution in [0.5, 0.6) is 0 Å². The molecular formula is C24H32ClN7O. The molecule has 0 unspecified atom stereocenters. The maximum Gasteiger partial charge on any atom is 0.269 e. The number of nitrogens with one attached hydrogen (secondary N) is 1. The normalized spacial score (nSPS) is 14.8. The molecule has 1 aliphatic rings. The highest BCUT2D eigenvalue weighted by Crippen LogP contribution is 2.22. The Balaban J connectivity index is 1.70. The quantitative estimate of drug-likeness (QED) is 0.563. The Hall–Kier alpha value is -2.73. The molecule has 9 heteroatoms. The third-order valence-corrected chi connectivity index (χ3v) is 5.73. The Morgan fingerprint density at radius 1 is 1.27 bits per heavy atom. The highest BCUT2D eigenvalue weighted by molar-refractivity contribution is 6.32. The number of nitriles is 1. The summed E-state index contributed by atoms with van der Waals surface area (Å²) in [5, 5.41) is 11.0. The molecule has 1 aliphatic heterocycles. The van der Waals surface area contributed by atoms with Crippen molar-refractivity contribution in [3.63, 3.8) is 0 Å². The Morgan fingerprint density at radius 3 is 2.67 bits per heavy atom. The van der Waals surface area contributed by atoms with Crippen molar-refractivity contribution >= 4 is 23.3 Å². The predicted molar refractivity (Wildman–Crippen MR) is 130 cm³/mol. The molecule has 0 radical (unpaired) electrons. The number of benzene rings is 1. The summed E-state index contributed by atoms with van der Waals surface area (Å²) < 4.78 is 0. The molecule has 8 nitrogen and oxygen atoms in total. The maximum absolute atomic E-state index is 13.1. The Labute approximate surface area is 201 Å². The van der Waals surface area contributed by atoms with Gasteiger partial charge in [-0.3, -0.25) is 20.1 Å². The topological polar surface area (TPSA) is 88.4 Å². The molecule has 0 bridgehead atoms. The average Bonchev–Trinajstić information content (AvgIpc) is 2.80. The minimum atomic E-state index is -0.251. The molecular weight excluding hydrogens is 438 g/mol. The first-order valence-electron chi connectivity index (χ1n) is 11.4. The van der Waals surface area contributed by atoms with E-state index < -0.39 is 0 Å². The van der Waals surface area contributed by atoms with Crippen LogP contribution in [0.15, 0.2) is 30.5 Å². The van der Waals surface area contributed by atoms with Crippen molar-refractivity contribution in [2.45, 2.75) is 33.7 Å². The number of nitrogens with zero attached hydrogens (tertiary/aromatic N) is 6. The second kappa shape index (κ2) is 11.9. The van der Waals surface area contributed by atoms with E-state index in [0.717, 1.165) is 44.8 Å². The van der Waals surface area contributed by atoms with Gasteiger partial charge in [-0.15, -0.1) is 0 Å². The number of carbonyl (C=O) groups is 1. The van der Waals surface area contributed by atoms with Crippen molar-refractivity contribution < 1.29 is 4.79 Å². The lowest BCUT2D eigenvalue weighted by molar-refractivity contribution is 0.0947. The first-order valence-corrected chi connectivity index (χ1v) is 11.8. The van der Waals surface area contributed by atoms with Crippen LogP contribution in [0.25, 0.3) is 0 Å². The Bertz CT molecular complexity index is 983. The molecule has 0 atom stereocenters. The number of halogens is 1. The van der Waals surface area contributed by atoms with Gasteiger partial charge in [0.2, 0.25) is 5.82 Å². The number of hydrogen-bond acceptors (Lipinski definition) is 7. The van der Waals surface area contributed by atoms with E-state index in [1.165, 1.54) is 12.6 Å². The van der Waals surface area contributed by atoms with Crippen LogP contribution in [0, 0.1) is 17.2 Å². The second-order valence-corrected chi connectivity index (χ2v) is 9.15. The third kappa shape index (κ3) is 7.13. The molecule has 2 aromatic rings. The molecule has 2 heterocycles. The fourth-order valence-electron chi connectivity index (χ4n) is 3.89. The van der Waals surface area contributed by atoms with Crippen molar-refractivity contribution in [1.29, 1.82) is 5.26 Å². The zero-order chi connectivity index (χ0) is 23.8. The molecule has 0 saturated carbocycles. The van der Waals surface area contributed by atoms with Gasteiger partial charge in [-0.05, 0) is 36.6 Å². The number of hydrazine groups is 1. The molecule has 3 rings (SSSR count). The van der Waals surface area contributed by atoms with Gasteiger partial charge in [0, 0.05) is 44.8 Å². The lowest BCUT2D eigenvalue weighted by Gasteiger charge is -2.34. The molecule has 0 aliphatic carbocycles. The Morgan fingerprint density at radius 2 is 2.00 bits per heavy atom. The zero-order valence-electron chi connectivity index (χ0n) is 19.6. The Kier molecular flexibility index (Phi) is 9.01. The molecule has 1 N–H and O–H groups in total. The van der Waals surface area contributed by atoms with Gasteiger partial charge in [0.1, 0.15) is 11.1 Å². The molecule has 0 spiro atoms. The fourth-order valence-corrected chi connectivity index (χ4v) is 4.09. The van der Waals surface area contributed by atoms with Gasteiger partial charge in [-0.2, -0.15) is 10.2 Å². The summed E-state index contributed by atoms with van der Waals surface area (Å²) in [6, 6.07) is 9.62. The van der Waals surface area contributed by atoms with Gasteiger partial charge in [0.25, 0.3) is 5.91 Å². The van der Waals surface area contributed by atoms with Crippen LogP contribution in [0.3, 0.4) is 0 Å². The molecule has 1 aromatic heterocycles. The van der Waals surface area contributed by atoms with E-state index in [4.69, 9.17) is 16.9 Å². The smallest absolute Gasteiger partial charge is 0.269 e. The van der Waals surface area contributed by atoms with Crippen LogP contribution in [-0.4, -0.2) is 64.9 Å². The minimum Gasteiger partial charge on any atom is -0.301 e. The van der Waals surface area contributed by atoms with Crippen LogP contribution in [-0.2, 0) is 6.54 Å². The third-order valence-electron chi connectivity index (χ3n) is 5.47. The molecule has 1 saturated heterocycles. The van der Waals surface area contributed by atoms with Crippen LogP contribution in [0.4, 0.5) is 5.82 Å². The van der Waals surface area contributed by atoms with Crippen molar-refractivity contribution in [2.24, 2.45) is 5.92 Å². The van der Waals surface area contributed by atoms with Gasteiger partial charge < -0.3 is 4.90 Å². The first-order chi connectivity index (χ1) is 15.9. The number of hydrogen-bond donors (Lipinski definition) is 1. The van der Waals surface area contributed by atoms with Gasteiger partial charge in [-0.25, -0.2) is 4.98 Å². The van der Waals surface area contributed by atoms with Crippen molar-refractivity contribution in [3.05, 3.63) is 52.4 Å². The zero-order valence-corrected chi connectivity index (χ0v) is 20.3. The van der Waals surface area contributed by atoms with Crippen molar-refractivity contribution in [2.75, 3.05) is 44.3 Å². The highest BCUT2D eigenvalue weighted by atomic mass is 35.5. The number of piperazine rings is 1. The minimum absolute atomic E-state index is 0.00145. The predicted octanol–water partition coefficient (Wildman–Crippen LogP) is 3.34. The largest absolute Gasteiger partial charge is 0.301 e.